The van der Waals surface area contributed by atoms with Gasteiger partial charge in [0, 0.05) is 41.4 Å². The molecule has 0 N–H and O–H groups in total. The van der Waals surface area contributed by atoms with E-state index in [-0.39, 0.29) is 5.41 Å². The van der Waals surface area contributed by atoms with E-state index < -0.39 is 0 Å². The number of nitrogens with zero attached hydrogens (tertiary/aromatic N) is 1. The molecule has 2 rings (SSSR count). The van der Waals surface area contributed by atoms with Gasteiger partial charge < -0.3 is 9.64 Å². The van der Waals surface area contributed by atoms with Crippen molar-refractivity contribution < 1.29 is 4.74 Å². The lowest BCUT2D eigenvalue weighted by atomic mass is 9.85. The van der Waals surface area contributed by atoms with Crippen LogP contribution in [0.25, 0.3) is 0 Å². The van der Waals surface area contributed by atoms with Crippen molar-refractivity contribution in [1.82, 2.24) is 0 Å². The third-order valence-electron chi connectivity index (χ3n) is 4.08. The summed E-state index contributed by atoms with van der Waals surface area (Å²) < 4.78 is 5.42. The predicted molar refractivity (Wildman–Crippen MR) is 104 cm³/mol. The van der Waals surface area contributed by atoms with Gasteiger partial charge in [-0.15, -0.1) is 11.8 Å². The molecule has 0 atom stereocenters. The first kappa shape index (κ1) is 17.7. The molecule has 1 heterocycles. The van der Waals surface area contributed by atoms with Crippen LogP contribution in [0, 0.1) is 0 Å². The Morgan fingerprint density at radius 1 is 1.26 bits per heavy atom. The van der Waals surface area contributed by atoms with Crippen LogP contribution in [0.5, 0.6) is 5.75 Å². The molecule has 0 amide bonds. The van der Waals surface area contributed by atoms with Crippen molar-refractivity contribution in [3.05, 3.63) is 59.0 Å². The highest BCUT2D eigenvalue weighted by molar-refractivity contribution is 8.03. The van der Waals surface area contributed by atoms with Gasteiger partial charge in [0.1, 0.15) is 5.75 Å². The van der Waals surface area contributed by atoms with E-state index in [1.165, 1.54) is 16.2 Å². The minimum absolute atomic E-state index is 0.0956. The van der Waals surface area contributed by atoms with Crippen LogP contribution in [0.2, 0.25) is 0 Å². The van der Waals surface area contributed by atoms with Gasteiger partial charge in [0.05, 0.1) is 7.11 Å². The van der Waals surface area contributed by atoms with Crippen LogP contribution >= 0.6 is 11.8 Å². The minimum atomic E-state index is 0.0956. The van der Waals surface area contributed by atoms with Crippen molar-refractivity contribution >= 4 is 17.4 Å². The first-order chi connectivity index (χ1) is 11.0. The molecular formula is C20H27NOS. The second-order valence-electron chi connectivity index (χ2n) is 6.43. The van der Waals surface area contributed by atoms with Crippen LogP contribution in [0.4, 0.5) is 5.69 Å². The third kappa shape index (κ3) is 4.44. The number of hydrogen-bond donors (Lipinski definition) is 0. The fourth-order valence-electron chi connectivity index (χ4n) is 2.63. The summed E-state index contributed by atoms with van der Waals surface area (Å²) >= 11 is 1.93. The average molecular weight is 330 g/mol. The van der Waals surface area contributed by atoms with Gasteiger partial charge in [-0.1, -0.05) is 44.2 Å². The lowest BCUT2D eigenvalue weighted by Gasteiger charge is -2.30. The first-order valence-corrected chi connectivity index (χ1v) is 8.98. The number of ether oxygens (including phenoxy) is 1. The van der Waals surface area contributed by atoms with Crippen LogP contribution in [-0.2, 0) is 5.41 Å². The average Bonchev–Trinajstić information content (AvgIpc) is 2.59. The normalized spacial score (nSPS) is 20.6. The SMILES string of the molecule is C\C=C/C=C\C1=C\CN(C)c2cc(OC)ccc2C(C)(C)CS1. The highest BCUT2D eigenvalue weighted by atomic mass is 32.2. The number of likely N-dealkylation sites (N-methyl/N-ethyl adjacent to an activating group) is 1. The number of anilines is 1. The molecule has 0 bridgehead atoms. The summed E-state index contributed by atoms with van der Waals surface area (Å²) in [6, 6.07) is 6.43. The zero-order chi connectivity index (χ0) is 16.9. The van der Waals surface area contributed by atoms with Gasteiger partial charge >= 0.3 is 0 Å². The highest BCUT2D eigenvalue weighted by Gasteiger charge is 2.26. The van der Waals surface area contributed by atoms with Crippen LogP contribution in [0.15, 0.2) is 53.5 Å². The van der Waals surface area contributed by atoms with Gasteiger partial charge in [-0.3, -0.25) is 0 Å². The van der Waals surface area contributed by atoms with Crippen LogP contribution in [0.3, 0.4) is 0 Å². The van der Waals surface area contributed by atoms with Crippen molar-refractivity contribution in [2.75, 3.05) is 31.4 Å². The van der Waals surface area contributed by atoms with Crippen molar-refractivity contribution in [2.24, 2.45) is 0 Å². The zero-order valence-corrected chi connectivity index (χ0v) is 15.6. The molecule has 0 spiro atoms. The van der Waals surface area contributed by atoms with Gasteiger partial charge in [0.2, 0.25) is 0 Å². The summed E-state index contributed by atoms with van der Waals surface area (Å²) in [5.41, 5.74) is 2.73. The zero-order valence-electron chi connectivity index (χ0n) is 14.8. The van der Waals surface area contributed by atoms with E-state index in [2.05, 4.69) is 74.4 Å². The third-order valence-corrected chi connectivity index (χ3v) is 5.58. The second kappa shape index (κ2) is 7.78. The topological polar surface area (TPSA) is 12.5 Å². The monoisotopic (exact) mass is 329 g/mol. The predicted octanol–water partition coefficient (Wildman–Crippen LogP) is 5.17. The summed E-state index contributed by atoms with van der Waals surface area (Å²) in [5.74, 6) is 1.96. The highest BCUT2D eigenvalue weighted by Crippen LogP contribution is 2.39. The van der Waals surface area contributed by atoms with Gasteiger partial charge in [0.15, 0.2) is 0 Å². The second-order valence-corrected chi connectivity index (χ2v) is 7.48. The molecule has 3 heteroatoms. The van der Waals surface area contributed by atoms with Gasteiger partial charge in [-0.2, -0.15) is 0 Å². The van der Waals surface area contributed by atoms with Crippen molar-refractivity contribution in [2.45, 2.75) is 26.2 Å². The van der Waals surface area contributed by atoms with E-state index in [1.54, 1.807) is 7.11 Å². The van der Waals surface area contributed by atoms with E-state index in [1.807, 2.05) is 18.7 Å². The fraction of sp³-hybridized carbons (Fsp3) is 0.400. The molecule has 0 unspecified atom stereocenters. The Kier molecular flexibility index (Phi) is 6.00. The number of methoxy groups -OCH3 is 1. The Morgan fingerprint density at radius 3 is 2.74 bits per heavy atom. The molecule has 0 radical (unpaired) electrons. The summed E-state index contributed by atoms with van der Waals surface area (Å²) in [7, 11) is 3.87. The number of thioether (sulfide) groups is 1. The van der Waals surface area contributed by atoms with Crippen LogP contribution < -0.4 is 9.64 Å². The van der Waals surface area contributed by atoms with Gasteiger partial charge in [0.25, 0.3) is 0 Å². The summed E-state index contributed by atoms with van der Waals surface area (Å²) in [5, 5.41) is 0. The Morgan fingerprint density at radius 2 is 2.04 bits per heavy atom. The first-order valence-electron chi connectivity index (χ1n) is 8.00. The lowest BCUT2D eigenvalue weighted by molar-refractivity contribution is 0.414. The molecule has 0 saturated heterocycles. The molecular weight excluding hydrogens is 302 g/mol. The van der Waals surface area contributed by atoms with Gasteiger partial charge in [-0.05, 0) is 24.6 Å². The Hall–Kier alpha value is -1.61. The standard InChI is InChI=1S/C20H27NOS/c1-6-7-8-9-17-12-13-21(4)19-14-16(22-5)10-11-18(19)20(2,3)15-23-17/h6-12,14H,13,15H2,1-5H3/b7-6-,9-8-,17-12-. The van der Waals surface area contributed by atoms with Crippen LogP contribution in [0.1, 0.15) is 26.3 Å². The maximum Gasteiger partial charge on any atom is 0.120 e. The van der Waals surface area contributed by atoms with E-state index >= 15 is 0 Å². The number of hydrogen-bond acceptors (Lipinski definition) is 3. The molecule has 1 aromatic rings. The summed E-state index contributed by atoms with van der Waals surface area (Å²) in [4.78, 5) is 3.62. The summed E-state index contributed by atoms with van der Waals surface area (Å²) in [6.07, 6.45) is 10.7. The maximum atomic E-state index is 5.42. The quantitative estimate of drug-likeness (QED) is 0.710. The molecule has 0 aliphatic carbocycles. The van der Waals surface area contributed by atoms with Gasteiger partial charge in [-0.25, -0.2) is 0 Å². The molecule has 1 aliphatic rings. The molecule has 124 valence electrons. The fourth-order valence-corrected chi connectivity index (χ4v) is 3.68. The van der Waals surface area contributed by atoms with E-state index in [0.29, 0.717) is 0 Å². The number of fused-ring (bicyclic) bond motifs is 1. The van der Waals surface area contributed by atoms with E-state index in [0.717, 1.165) is 18.0 Å². The van der Waals surface area contributed by atoms with Crippen molar-refractivity contribution in [3.8, 4) is 5.75 Å². The number of benzene rings is 1. The summed E-state index contributed by atoms with van der Waals surface area (Å²) in [6.45, 7) is 7.56. The lowest BCUT2D eigenvalue weighted by Crippen LogP contribution is -2.25. The minimum Gasteiger partial charge on any atom is -0.497 e. The largest absolute Gasteiger partial charge is 0.497 e. The molecule has 0 saturated carbocycles. The molecule has 1 aliphatic heterocycles. The maximum absolute atomic E-state index is 5.42. The molecule has 2 nitrogen and oxygen atoms in total. The number of rotatable bonds is 3. The Balaban J connectivity index is 2.39. The van der Waals surface area contributed by atoms with Crippen LogP contribution in [-0.4, -0.2) is 26.5 Å². The van der Waals surface area contributed by atoms with Crippen molar-refractivity contribution in [3.63, 3.8) is 0 Å². The Bertz CT molecular complexity index is 629. The van der Waals surface area contributed by atoms with E-state index in [4.69, 9.17) is 4.74 Å². The molecule has 0 fully saturated rings. The Labute approximate surface area is 144 Å². The molecule has 0 aromatic heterocycles. The molecule has 1 aromatic carbocycles. The van der Waals surface area contributed by atoms with E-state index in [9.17, 15) is 0 Å². The van der Waals surface area contributed by atoms with Crippen molar-refractivity contribution in [1.29, 1.82) is 0 Å². The molecule has 23 heavy (non-hydrogen) atoms. The smallest absolute Gasteiger partial charge is 0.120 e. The number of allylic oxidation sites excluding steroid dienone is 4.